The van der Waals surface area contributed by atoms with Gasteiger partial charge in [0, 0.05) is 22.2 Å². The summed E-state index contributed by atoms with van der Waals surface area (Å²) in [5.74, 6) is 0.145. The van der Waals surface area contributed by atoms with Crippen LogP contribution >= 0.6 is 35.0 Å². The van der Waals surface area contributed by atoms with Gasteiger partial charge in [-0.15, -0.1) is 0 Å². The van der Waals surface area contributed by atoms with Crippen molar-refractivity contribution >= 4 is 73.9 Å². The average Bonchev–Trinajstić information content (AvgIpc) is 3.37. The van der Waals surface area contributed by atoms with Gasteiger partial charge in [0.25, 0.3) is 5.91 Å². The summed E-state index contributed by atoms with van der Waals surface area (Å²) in [6.07, 6.45) is 3.49. The quantitative estimate of drug-likeness (QED) is 0.317. The summed E-state index contributed by atoms with van der Waals surface area (Å²) < 4.78 is 8.08. The molecular formula is C27H25Cl2N5O2S. The van der Waals surface area contributed by atoms with Gasteiger partial charge in [-0.2, -0.15) is 15.1 Å². The standard InChI is InChI=1S/C27H25Cl2N5O2S/c1-4-6-23-32-34-25(30)19(26(35)31-27(34)37-23)14-17-16(3)33(21-10-9-15(2)13-18(17)21)11-12-36-22-8-5-7-20(28)24(22)29/h5,7-10,13-14,30H,4,6,11-12H2,1-3H3. The van der Waals surface area contributed by atoms with Crippen molar-refractivity contribution < 1.29 is 9.53 Å². The van der Waals surface area contributed by atoms with Gasteiger partial charge in [0.2, 0.25) is 5.17 Å². The van der Waals surface area contributed by atoms with Gasteiger partial charge in [0.1, 0.15) is 22.4 Å². The maximum atomic E-state index is 13.0. The fourth-order valence-electron chi connectivity index (χ4n) is 4.43. The van der Waals surface area contributed by atoms with Gasteiger partial charge in [-0.25, -0.2) is 0 Å². The van der Waals surface area contributed by atoms with Gasteiger partial charge in [-0.05, 0) is 68.8 Å². The lowest BCUT2D eigenvalue weighted by molar-refractivity contribution is -0.114. The highest BCUT2D eigenvalue weighted by atomic mass is 35.5. The molecule has 0 saturated heterocycles. The van der Waals surface area contributed by atoms with Gasteiger partial charge < -0.3 is 9.30 Å². The molecule has 3 heterocycles. The number of nitrogens with one attached hydrogen (secondary N) is 1. The number of aliphatic imine (C=N–C) groups is 1. The molecular weight excluding hydrogens is 529 g/mol. The Kier molecular flexibility index (Phi) is 7.16. The van der Waals surface area contributed by atoms with E-state index in [4.69, 9.17) is 33.3 Å². The number of hydrogen-bond donors (Lipinski definition) is 1. The Morgan fingerprint density at radius 3 is 2.78 bits per heavy atom. The van der Waals surface area contributed by atoms with Crippen molar-refractivity contribution in [3.8, 4) is 5.75 Å². The molecule has 0 atom stereocenters. The van der Waals surface area contributed by atoms with Crippen LogP contribution in [0.25, 0.3) is 17.0 Å². The number of amidine groups is 2. The minimum Gasteiger partial charge on any atom is -0.490 e. The molecule has 0 aliphatic carbocycles. The molecule has 3 aromatic rings. The Morgan fingerprint density at radius 1 is 1.19 bits per heavy atom. The number of rotatable bonds is 7. The summed E-state index contributed by atoms with van der Waals surface area (Å²) in [7, 11) is 0. The summed E-state index contributed by atoms with van der Waals surface area (Å²) in [5.41, 5.74) is 4.15. The molecule has 1 N–H and O–H groups in total. The maximum Gasteiger partial charge on any atom is 0.283 e. The van der Waals surface area contributed by atoms with Gasteiger partial charge >= 0.3 is 0 Å². The third-order valence-corrected chi connectivity index (χ3v) is 8.03. The van der Waals surface area contributed by atoms with E-state index in [1.165, 1.54) is 16.8 Å². The highest BCUT2D eigenvalue weighted by molar-refractivity contribution is 8.26. The van der Waals surface area contributed by atoms with Crippen LogP contribution in [0.2, 0.25) is 10.0 Å². The van der Waals surface area contributed by atoms with Crippen molar-refractivity contribution in [1.29, 1.82) is 5.41 Å². The van der Waals surface area contributed by atoms with E-state index in [9.17, 15) is 4.79 Å². The highest BCUT2D eigenvalue weighted by Crippen LogP contribution is 2.34. The Labute approximate surface area is 229 Å². The second kappa shape index (κ2) is 10.4. The smallest absolute Gasteiger partial charge is 0.283 e. The van der Waals surface area contributed by atoms with Crippen LogP contribution in [-0.4, -0.2) is 38.1 Å². The predicted octanol–water partition coefficient (Wildman–Crippen LogP) is 7.06. The number of carbonyl (C=O) groups excluding carboxylic acids is 1. The maximum absolute atomic E-state index is 13.0. The number of carbonyl (C=O) groups is 1. The lowest BCUT2D eigenvalue weighted by Gasteiger charge is -2.20. The number of hydrogen-bond acceptors (Lipinski definition) is 5. The van der Waals surface area contributed by atoms with Crippen LogP contribution in [0.1, 0.15) is 36.6 Å². The molecule has 37 heavy (non-hydrogen) atoms. The van der Waals surface area contributed by atoms with Crippen LogP contribution in [0, 0.1) is 19.3 Å². The van der Waals surface area contributed by atoms with Gasteiger partial charge in [0.15, 0.2) is 5.84 Å². The van der Waals surface area contributed by atoms with E-state index in [2.05, 4.69) is 39.8 Å². The fourth-order valence-corrected chi connectivity index (χ4v) is 5.76. The zero-order valence-corrected chi connectivity index (χ0v) is 23.0. The number of benzene rings is 2. The molecule has 190 valence electrons. The van der Waals surface area contributed by atoms with Crippen molar-refractivity contribution in [2.75, 3.05) is 6.61 Å². The number of aryl methyl sites for hydroxylation is 1. The normalized spacial score (nSPS) is 16.5. The first-order valence-corrected chi connectivity index (χ1v) is 13.5. The molecule has 1 amide bonds. The Bertz CT molecular complexity index is 1540. The molecule has 0 saturated carbocycles. The number of halogens is 2. The molecule has 7 nitrogen and oxygen atoms in total. The number of nitrogens with zero attached hydrogens (tertiary/aromatic N) is 4. The Hall–Kier alpha value is -3.07. The predicted molar refractivity (Wildman–Crippen MR) is 153 cm³/mol. The van der Waals surface area contributed by atoms with Crippen LogP contribution in [0.3, 0.4) is 0 Å². The van der Waals surface area contributed by atoms with Crippen molar-refractivity contribution in [3.05, 3.63) is 68.8 Å². The zero-order valence-electron chi connectivity index (χ0n) is 20.6. The number of aromatic nitrogens is 1. The van der Waals surface area contributed by atoms with E-state index >= 15 is 0 Å². The third-order valence-electron chi connectivity index (χ3n) is 6.27. The largest absolute Gasteiger partial charge is 0.490 e. The van der Waals surface area contributed by atoms with Gasteiger partial charge in [0.05, 0.1) is 17.1 Å². The van der Waals surface area contributed by atoms with Gasteiger partial charge in [-0.3, -0.25) is 10.2 Å². The number of thioether (sulfide) groups is 1. The minimum absolute atomic E-state index is 0.0421. The molecule has 2 aliphatic rings. The first kappa shape index (κ1) is 25.6. The van der Waals surface area contributed by atoms with E-state index in [-0.39, 0.29) is 11.4 Å². The first-order valence-electron chi connectivity index (χ1n) is 11.9. The molecule has 0 radical (unpaired) electrons. The summed E-state index contributed by atoms with van der Waals surface area (Å²) in [4.78, 5) is 17.2. The van der Waals surface area contributed by atoms with Crippen LogP contribution in [0.4, 0.5) is 0 Å². The summed E-state index contributed by atoms with van der Waals surface area (Å²) in [5, 5.41) is 17.8. The molecule has 2 aliphatic heterocycles. The monoisotopic (exact) mass is 553 g/mol. The molecule has 2 aromatic carbocycles. The molecule has 0 spiro atoms. The van der Waals surface area contributed by atoms with Crippen molar-refractivity contribution in [1.82, 2.24) is 9.58 Å². The molecule has 0 bridgehead atoms. The van der Waals surface area contributed by atoms with E-state index < -0.39 is 5.91 Å². The first-order chi connectivity index (χ1) is 17.8. The minimum atomic E-state index is -0.427. The lowest BCUT2D eigenvalue weighted by Crippen LogP contribution is -2.35. The highest BCUT2D eigenvalue weighted by Gasteiger charge is 2.35. The molecule has 0 fully saturated rings. The third kappa shape index (κ3) is 4.81. The molecule has 0 unspecified atom stereocenters. The number of amides is 1. The van der Waals surface area contributed by atoms with Crippen molar-refractivity contribution in [3.63, 3.8) is 0 Å². The van der Waals surface area contributed by atoms with Crippen LogP contribution in [0.15, 0.2) is 52.1 Å². The van der Waals surface area contributed by atoms with Crippen LogP contribution in [0.5, 0.6) is 5.75 Å². The molecule has 10 heteroatoms. The molecule has 1 aromatic heterocycles. The van der Waals surface area contributed by atoms with Crippen molar-refractivity contribution in [2.45, 2.75) is 40.2 Å². The summed E-state index contributed by atoms with van der Waals surface area (Å²) in [6.45, 7) is 7.03. The van der Waals surface area contributed by atoms with E-state index in [0.29, 0.717) is 34.1 Å². The Morgan fingerprint density at radius 2 is 2.00 bits per heavy atom. The summed E-state index contributed by atoms with van der Waals surface area (Å²) in [6, 6.07) is 11.5. The van der Waals surface area contributed by atoms with E-state index in [1.54, 1.807) is 24.3 Å². The topological polar surface area (TPSA) is 83.0 Å². The van der Waals surface area contributed by atoms with Crippen LogP contribution in [-0.2, 0) is 11.3 Å². The molecule has 5 rings (SSSR count). The van der Waals surface area contributed by atoms with Crippen molar-refractivity contribution in [2.24, 2.45) is 10.1 Å². The average molecular weight is 555 g/mol. The lowest BCUT2D eigenvalue weighted by atomic mass is 10.0. The van der Waals surface area contributed by atoms with Gasteiger partial charge in [-0.1, -0.05) is 47.8 Å². The SMILES string of the molecule is CCCC1=NN2C(=N)C(=Cc3c(C)n(CCOc4cccc(Cl)c4Cl)c4ccc(C)cc34)C(=O)N=C2S1. The van der Waals surface area contributed by atoms with Crippen LogP contribution < -0.4 is 4.74 Å². The summed E-state index contributed by atoms with van der Waals surface area (Å²) >= 11 is 13.7. The second-order valence-electron chi connectivity index (χ2n) is 8.84. The van der Waals surface area contributed by atoms with E-state index in [1.807, 2.05) is 13.8 Å². The fraction of sp³-hybridized carbons (Fsp3) is 0.259. The Balaban J connectivity index is 1.49. The van der Waals surface area contributed by atoms with E-state index in [0.717, 1.165) is 45.6 Å². The number of hydrazone groups is 1. The number of fused-ring (bicyclic) bond motifs is 2. The number of ether oxygens (including phenoxy) is 1. The second-order valence-corrected chi connectivity index (χ2v) is 10.7. The zero-order chi connectivity index (χ0) is 26.3.